The largest absolute Gasteiger partial charge is 0.335 e. The Balaban J connectivity index is 1.85. The third-order valence-corrected chi connectivity index (χ3v) is 4.08. The number of nitrogens with one attached hydrogen (secondary N) is 2. The van der Waals surface area contributed by atoms with Crippen molar-refractivity contribution in [3.63, 3.8) is 0 Å². The van der Waals surface area contributed by atoms with Gasteiger partial charge >= 0.3 is 23.9 Å². The standard InChI is InChI=1S/C15H22N4O5/c1-2-8-18-12(21)13(22)19(15(18)24)9-11(20)17-14(23)16-10-6-4-3-5-7-10/h10H,2-9H2,1H3,(H2,16,17,20,23). The monoisotopic (exact) mass is 338 g/mol. The zero-order chi connectivity index (χ0) is 17.7. The Morgan fingerprint density at radius 2 is 1.67 bits per heavy atom. The summed E-state index contributed by atoms with van der Waals surface area (Å²) in [6, 6.07) is -1.44. The summed E-state index contributed by atoms with van der Waals surface area (Å²) in [5.41, 5.74) is 0. The van der Waals surface area contributed by atoms with Gasteiger partial charge in [0.1, 0.15) is 6.54 Å². The molecule has 24 heavy (non-hydrogen) atoms. The first-order chi connectivity index (χ1) is 11.4. The van der Waals surface area contributed by atoms with Crippen LogP contribution < -0.4 is 10.6 Å². The van der Waals surface area contributed by atoms with Gasteiger partial charge in [-0.05, 0) is 19.3 Å². The zero-order valence-corrected chi connectivity index (χ0v) is 13.7. The topological polar surface area (TPSA) is 116 Å². The van der Waals surface area contributed by atoms with Crippen LogP contribution in [0.15, 0.2) is 0 Å². The first-order valence-corrected chi connectivity index (χ1v) is 8.21. The number of nitrogens with zero attached hydrogens (tertiary/aromatic N) is 2. The lowest BCUT2D eigenvalue weighted by Gasteiger charge is -2.22. The molecule has 0 aromatic rings. The summed E-state index contributed by atoms with van der Waals surface area (Å²) in [6.45, 7) is 1.22. The van der Waals surface area contributed by atoms with Crippen LogP contribution in [-0.4, -0.2) is 58.7 Å². The molecule has 0 radical (unpaired) electrons. The van der Waals surface area contributed by atoms with E-state index in [1.54, 1.807) is 6.92 Å². The van der Waals surface area contributed by atoms with E-state index in [4.69, 9.17) is 0 Å². The van der Waals surface area contributed by atoms with Gasteiger partial charge in [-0.25, -0.2) is 14.5 Å². The van der Waals surface area contributed by atoms with E-state index in [-0.39, 0.29) is 12.6 Å². The molecule has 2 N–H and O–H groups in total. The third-order valence-electron chi connectivity index (χ3n) is 4.08. The Morgan fingerprint density at radius 3 is 2.29 bits per heavy atom. The van der Waals surface area contributed by atoms with E-state index in [9.17, 15) is 24.0 Å². The highest BCUT2D eigenvalue weighted by molar-refractivity contribution is 6.45. The van der Waals surface area contributed by atoms with Crippen LogP contribution in [0.1, 0.15) is 45.4 Å². The molecule has 1 saturated carbocycles. The molecule has 2 fully saturated rings. The Hall–Kier alpha value is -2.45. The molecule has 2 rings (SSSR count). The van der Waals surface area contributed by atoms with E-state index < -0.39 is 36.3 Å². The van der Waals surface area contributed by atoms with Crippen molar-refractivity contribution in [3.8, 4) is 0 Å². The predicted octanol–water partition coefficient (Wildman–Crippen LogP) is 0.346. The molecule has 0 aromatic carbocycles. The second-order valence-electron chi connectivity index (χ2n) is 5.99. The van der Waals surface area contributed by atoms with Gasteiger partial charge in [0.25, 0.3) is 0 Å². The Bertz CT molecular complexity index is 556. The van der Waals surface area contributed by atoms with E-state index in [0.717, 1.165) is 37.0 Å². The molecule has 1 aliphatic carbocycles. The summed E-state index contributed by atoms with van der Waals surface area (Å²) in [4.78, 5) is 60.4. The molecule has 2 aliphatic rings. The maximum Gasteiger partial charge on any atom is 0.334 e. The van der Waals surface area contributed by atoms with Crippen molar-refractivity contribution in [1.82, 2.24) is 20.4 Å². The Morgan fingerprint density at radius 1 is 1.04 bits per heavy atom. The van der Waals surface area contributed by atoms with Crippen LogP contribution in [0.4, 0.5) is 9.59 Å². The summed E-state index contributed by atoms with van der Waals surface area (Å²) in [6.07, 6.45) is 5.45. The smallest absolute Gasteiger partial charge is 0.334 e. The van der Waals surface area contributed by atoms with E-state index in [0.29, 0.717) is 11.3 Å². The van der Waals surface area contributed by atoms with E-state index >= 15 is 0 Å². The average Bonchev–Trinajstić information content (AvgIpc) is 2.74. The number of carbonyl (C=O) groups excluding carboxylic acids is 5. The van der Waals surface area contributed by atoms with Crippen LogP contribution in [-0.2, 0) is 14.4 Å². The fourth-order valence-electron chi connectivity index (χ4n) is 2.89. The maximum absolute atomic E-state index is 12.0. The zero-order valence-electron chi connectivity index (χ0n) is 13.7. The minimum atomic E-state index is -1.05. The first-order valence-electron chi connectivity index (χ1n) is 8.21. The molecule has 9 nitrogen and oxygen atoms in total. The molecule has 1 heterocycles. The first kappa shape index (κ1) is 17.9. The van der Waals surface area contributed by atoms with E-state index in [1.807, 2.05) is 0 Å². The molecule has 0 bridgehead atoms. The molecular weight excluding hydrogens is 316 g/mol. The molecule has 132 valence electrons. The van der Waals surface area contributed by atoms with Crippen molar-refractivity contribution < 1.29 is 24.0 Å². The van der Waals surface area contributed by atoms with Gasteiger partial charge in [0, 0.05) is 12.6 Å². The molecule has 1 saturated heterocycles. The lowest BCUT2D eigenvalue weighted by molar-refractivity contribution is -0.143. The number of urea groups is 2. The molecule has 0 aromatic heterocycles. The molecular formula is C15H22N4O5. The van der Waals surface area contributed by atoms with Crippen LogP contribution in [0.5, 0.6) is 0 Å². The number of hydrogen-bond donors (Lipinski definition) is 2. The normalized spacial score (nSPS) is 19.0. The summed E-state index contributed by atoms with van der Waals surface area (Å²) in [5, 5.41) is 4.79. The van der Waals surface area contributed by atoms with Gasteiger partial charge in [-0.1, -0.05) is 26.2 Å². The summed E-state index contributed by atoms with van der Waals surface area (Å²) in [5.74, 6) is -2.80. The number of imide groups is 3. The average molecular weight is 338 g/mol. The Labute approximate surface area is 139 Å². The molecule has 0 unspecified atom stereocenters. The van der Waals surface area contributed by atoms with Crippen LogP contribution >= 0.6 is 0 Å². The quantitative estimate of drug-likeness (QED) is 0.554. The highest BCUT2D eigenvalue weighted by Crippen LogP contribution is 2.17. The summed E-state index contributed by atoms with van der Waals surface area (Å²) < 4.78 is 0. The SMILES string of the molecule is CCCN1C(=O)C(=O)N(CC(=O)NC(=O)NC2CCCCC2)C1=O. The molecule has 0 spiro atoms. The van der Waals surface area contributed by atoms with Crippen LogP contribution in [0.3, 0.4) is 0 Å². The fraction of sp³-hybridized carbons (Fsp3) is 0.667. The van der Waals surface area contributed by atoms with Crippen molar-refractivity contribution in [2.75, 3.05) is 13.1 Å². The lowest BCUT2D eigenvalue weighted by Crippen LogP contribution is -2.49. The van der Waals surface area contributed by atoms with Gasteiger partial charge in [-0.15, -0.1) is 0 Å². The maximum atomic E-state index is 12.0. The van der Waals surface area contributed by atoms with Gasteiger partial charge in [0.15, 0.2) is 0 Å². The van der Waals surface area contributed by atoms with Gasteiger partial charge in [0.2, 0.25) is 5.91 Å². The van der Waals surface area contributed by atoms with Crippen molar-refractivity contribution in [3.05, 3.63) is 0 Å². The predicted molar refractivity (Wildman–Crippen MR) is 82.7 cm³/mol. The highest BCUT2D eigenvalue weighted by atomic mass is 16.2. The number of carbonyl (C=O) groups is 5. The van der Waals surface area contributed by atoms with E-state index in [2.05, 4.69) is 10.6 Å². The van der Waals surface area contributed by atoms with Crippen LogP contribution in [0.25, 0.3) is 0 Å². The summed E-state index contributed by atoms with van der Waals surface area (Å²) in [7, 11) is 0. The van der Waals surface area contributed by atoms with Crippen molar-refractivity contribution in [2.24, 2.45) is 0 Å². The summed E-state index contributed by atoms with van der Waals surface area (Å²) >= 11 is 0. The molecule has 0 atom stereocenters. The van der Waals surface area contributed by atoms with Crippen molar-refractivity contribution in [2.45, 2.75) is 51.5 Å². The number of rotatable bonds is 5. The van der Waals surface area contributed by atoms with Crippen molar-refractivity contribution in [1.29, 1.82) is 0 Å². The van der Waals surface area contributed by atoms with Gasteiger partial charge in [-0.3, -0.25) is 24.6 Å². The fourth-order valence-corrected chi connectivity index (χ4v) is 2.89. The second kappa shape index (κ2) is 7.89. The van der Waals surface area contributed by atoms with Gasteiger partial charge in [-0.2, -0.15) is 0 Å². The molecule has 1 aliphatic heterocycles. The Kier molecular flexibility index (Phi) is 5.88. The second-order valence-corrected chi connectivity index (χ2v) is 5.99. The highest BCUT2D eigenvalue weighted by Gasteiger charge is 2.44. The molecule has 7 amide bonds. The van der Waals surface area contributed by atoms with E-state index in [1.165, 1.54) is 0 Å². The van der Waals surface area contributed by atoms with Gasteiger partial charge < -0.3 is 5.32 Å². The van der Waals surface area contributed by atoms with Gasteiger partial charge in [0.05, 0.1) is 0 Å². The van der Waals surface area contributed by atoms with Crippen molar-refractivity contribution >= 4 is 29.8 Å². The lowest BCUT2D eigenvalue weighted by atomic mass is 9.96. The minimum Gasteiger partial charge on any atom is -0.335 e. The minimum absolute atomic E-state index is 0.0308. The molecule has 9 heteroatoms. The number of hydrogen-bond acceptors (Lipinski definition) is 5. The van der Waals surface area contributed by atoms with Crippen LogP contribution in [0.2, 0.25) is 0 Å². The third kappa shape index (κ3) is 4.09. The number of amides is 7. The van der Waals surface area contributed by atoms with Crippen LogP contribution in [0, 0.1) is 0 Å².